The van der Waals surface area contributed by atoms with Crippen LogP contribution in [-0.2, 0) is 15.8 Å². The number of nitrogens with one attached hydrogen (secondary N) is 3. The van der Waals surface area contributed by atoms with Gasteiger partial charge in [0.05, 0.1) is 22.7 Å². The molecule has 3 aromatic carbocycles. The summed E-state index contributed by atoms with van der Waals surface area (Å²) in [4.78, 5) is 13.4. The standard InChI is InChI=1S/C33H31F3N6O3S/c1-20-9-10-23-24(11-12-27(35)29(23)42-46(43,44)18-21-6-3-4-8-26(21)34)30(20)45-31-25(7-5-14-38-31)28-13-15-39-32(41-28)40-22-16-33(2,36)19-37-17-22/h3-15,22,37,42H,16-19H2,1-2H3,(H,39,40,41)/t22-,33-/m0/s1. The van der Waals surface area contributed by atoms with Crippen LogP contribution in [0.4, 0.5) is 24.8 Å². The molecule has 0 radical (unpaired) electrons. The molecule has 2 atom stereocenters. The number of fused-ring (bicyclic) bond motifs is 1. The Hall–Kier alpha value is -4.75. The molecule has 1 aliphatic heterocycles. The quantitative estimate of drug-likeness (QED) is 0.166. The van der Waals surface area contributed by atoms with Crippen LogP contribution in [0.15, 0.2) is 79.1 Å². The first-order valence-electron chi connectivity index (χ1n) is 14.6. The van der Waals surface area contributed by atoms with Crippen molar-refractivity contribution < 1.29 is 26.3 Å². The summed E-state index contributed by atoms with van der Waals surface area (Å²) in [6.45, 7) is 4.20. The van der Waals surface area contributed by atoms with Gasteiger partial charge in [0, 0.05) is 54.3 Å². The van der Waals surface area contributed by atoms with Crippen molar-refractivity contribution in [1.29, 1.82) is 0 Å². The Morgan fingerprint density at radius 1 is 0.978 bits per heavy atom. The molecule has 0 unspecified atom stereocenters. The first-order valence-corrected chi connectivity index (χ1v) is 16.2. The smallest absolute Gasteiger partial charge is 0.237 e. The van der Waals surface area contributed by atoms with Crippen LogP contribution in [0.1, 0.15) is 24.5 Å². The van der Waals surface area contributed by atoms with Gasteiger partial charge in [-0.25, -0.2) is 36.5 Å². The van der Waals surface area contributed by atoms with Crippen LogP contribution in [0.2, 0.25) is 0 Å². The minimum Gasteiger partial charge on any atom is -0.437 e. The largest absolute Gasteiger partial charge is 0.437 e. The second-order valence-corrected chi connectivity index (χ2v) is 13.2. The predicted octanol–water partition coefficient (Wildman–Crippen LogP) is 6.51. The summed E-state index contributed by atoms with van der Waals surface area (Å²) in [6, 6.07) is 16.4. The highest BCUT2D eigenvalue weighted by Crippen LogP contribution is 2.40. The van der Waals surface area contributed by atoms with Crippen LogP contribution in [-0.4, -0.2) is 48.2 Å². The fourth-order valence-electron chi connectivity index (χ4n) is 5.50. The zero-order valence-electron chi connectivity index (χ0n) is 25.0. The first-order chi connectivity index (χ1) is 22.0. The Morgan fingerprint density at radius 2 is 1.78 bits per heavy atom. The average molecular weight is 649 g/mol. The van der Waals surface area contributed by atoms with Gasteiger partial charge in [0.1, 0.15) is 23.1 Å². The average Bonchev–Trinajstić information content (AvgIpc) is 3.01. The molecule has 1 fully saturated rings. The van der Waals surface area contributed by atoms with E-state index < -0.39 is 33.1 Å². The van der Waals surface area contributed by atoms with Gasteiger partial charge in [-0.15, -0.1) is 0 Å². The van der Waals surface area contributed by atoms with Crippen LogP contribution in [0, 0.1) is 18.6 Å². The number of hydrogen-bond acceptors (Lipinski definition) is 8. The van der Waals surface area contributed by atoms with Gasteiger partial charge >= 0.3 is 0 Å². The van der Waals surface area contributed by atoms with E-state index in [1.165, 1.54) is 24.3 Å². The number of pyridine rings is 1. The highest BCUT2D eigenvalue weighted by atomic mass is 32.2. The predicted molar refractivity (Wildman–Crippen MR) is 171 cm³/mol. The van der Waals surface area contributed by atoms with Crippen LogP contribution >= 0.6 is 0 Å². The summed E-state index contributed by atoms with van der Waals surface area (Å²) in [5, 5.41) is 6.94. The first kappa shape index (κ1) is 31.2. The Bertz CT molecular complexity index is 2030. The van der Waals surface area contributed by atoms with Crippen molar-refractivity contribution >= 4 is 32.4 Å². The van der Waals surface area contributed by atoms with Crippen LogP contribution in [0.25, 0.3) is 22.0 Å². The molecule has 46 heavy (non-hydrogen) atoms. The third kappa shape index (κ3) is 6.90. The Kier molecular flexibility index (Phi) is 8.53. The van der Waals surface area contributed by atoms with E-state index in [9.17, 15) is 17.2 Å². The number of halogens is 3. The molecule has 3 N–H and O–H groups in total. The fourth-order valence-corrected chi connectivity index (χ4v) is 6.74. The molecular formula is C33H31F3N6O3S. The van der Waals surface area contributed by atoms with Crippen molar-refractivity contribution in [3.63, 3.8) is 0 Å². The summed E-state index contributed by atoms with van der Waals surface area (Å²) in [7, 11) is -4.20. The van der Waals surface area contributed by atoms with Gasteiger partial charge in [0.15, 0.2) is 0 Å². The van der Waals surface area contributed by atoms with E-state index in [0.29, 0.717) is 46.9 Å². The molecule has 3 heterocycles. The third-order valence-corrected chi connectivity index (χ3v) is 8.86. The molecule has 1 aliphatic rings. The van der Waals surface area contributed by atoms with Crippen molar-refractivity contribution in [3.8, 4) is 22.9 Å². The van der Waals surface area contributed by atoms with E-state index in [2.05, 4.69) is 30.3 Å². The number of hydrogen-bond donors (Lipinski definition) is 3. The van der Waals surface area contributed by atoms with E-state index in [1.54, 1.807) is 56.6 Å². The highest BCUT2D eigenvalue weighted by molar-refractivity contribution is 7.91. The molecule has 1 saturated heterocycles. The number of piperidine rings is 1. The van der Waals surface area contributed by atoms with Crippen molar-refractivity contribution in [1.82, 2.24) is 20.3 Å². The van der Waals surface area contributed by atoms with E-state index in [-0.39, 0.29) is 35.1 Å². The summed E-state index contributed by atoms with van der Waals surface area (Å²) >= 11 is 0. The van der Waals surface area contributed by atoms with Crippen molar-refractivity contribution in [2.75, 3.05) is 23.1 Å². The maximum Gasteiger partial charge on any atom is 0.237 e. The summed E-state index contributed by atoms with van der Waals surface area (Å²) < 4.78 is 78.6. The summed E-state index contributed by atoms with van der Waals surface area (Å²) in [5.41, 5.74) is 0.0362. The third-order valence-electron chi connectivity index (χ3n) is 7.65. The number of rotatable bonds is 9. The van der Waals surface area contributed by atoms with Gasteiger partial charge in [0.25, 0.3) is 0 Å². The summed E-state index contributed by atoms with van der Waals surface area (Å²) in [5.74, 6) is -1.31. The molecule has 0 aliphatic carbocycles. The van der Waals surface area contributed by atoms with Gasteiger partial charge in [-0.2, -0.15) is 0 Å². The lowest BCUT2D eigenvalue weighted by Crippen LogP contribution is -2.50. The van der Waals surface area contributed by atoms with Gasteiger partial charge in [-0.1, -0.05) is 30.3 Å². The Labute approximate surface area is 264 Å². The molecule has 0 bridgehead atoms. The number of sulfonamides is 1. The van der Waals surface area contributed by atoms with Crippen LogP contribution < -0.4 is 20.1 Å². The lowest BCUT2D eigenvalue weighted by molar-refractivity contribution is 0.137. The topological polar surface area (TPSA) is 118 Å². The van der Waals surface area contributed by atoms with Crippen molar-refractivity contribution in [2.45, 2.75) is 37.7 Å². The molecule has 0 saturated carbocycles. The van der Waals surface area contributed by atoms with Gasteiger partial charge in [-0.3, -0.25) is 4.72 Å². The number of benzene rings is 3. The molecule has 0 spiro atoms. The Balaban J connectivity index is 1.32. The zero-order chi connectivity index (χ0) is 32.5. The molecule has 9 nitrogen and oxygen atoms in total. The Morgan fingerprint density at radius 3 is 2.59 bits per heavy atom. The normalized spacial score (nSPS) is 18.3. The molecule has 0 amide bonds. The van der Waals surface area contributed by atoms with E-state index in [1.807, 2.05) is 0 Å². The lowest BCUT2D eigenvalue weighted by atomic mass is 9.95. The minimum atomic E-state index is -4.20. The second kappa shape index (κ2) is 12.6. The van der Waals surface area contributed by atoms with Crippen LogP contribution in [0.3, 0.4) is 0 Å². The molecule has 2 aromatic heterocycles. The second-order valence-electron chi connectivity index (χ2n) is 11.5. The van der Waals surface area contributed by atoms with Gasteiger partial charge in [0.2, 0.25) is 21.9 Å². The monoisotopic (exact) mass is 648 g/mol. The number of aryl methyl sites for hydroxylation is 1. The molecular weight excluding hydrogens is 617 g/mol. The lowest BCUT2D eigenvalue weighted by Gasteiger charge is -2.33. The van der Waals surface area contributed by atoms with E-state index in [4.69, 9.17) is 4.74 Å². The maximum atomic E-state index is 15.2. The van der Waals surface area contributed by atoms with E-state index >= 15 is 4.39 Å². The van der Waals surface area contributed by atoms with Crippen LogP contribution in [0.5, 0.6) is 11.6 Å². The van der Waals surface area contributed by atoms with Gasteiger partial charge in [-0.05, 0) is 55.8 Å². The number of ether oxygens (including phenoxy) is 1. The van der Waals surface area contributed by atoms with Crippen molar-refractivity contribution in [2.24, 2.45) is 0 Å². The number of alkyl halides is 1. The molecule has 238 valence electrons. The summed E-state index contributed by atoms with van der Waals surface area (Å²) in [6.07, 6.45) is 3.44. The molecule has 6 rings (SSSR count). The highest BCUT2D eigenvalue weighted by Gasteiger charge is 2.32. The fraction of sp³-hybridized carbons (Fsp3) is 0.242. The minimum absolute atomic E-state index is 0.0439. The van der Waals surface area contributed by atoms with E-state index in [0.717, 1.165) is 12.1 Å². The van der Waals surface area contributed by atoms with Crippen molar-refractivity contribution in [3.05, 3.63) is 102 Å². The zero-order valence-corrected chi connectivity index (χ0v) is 25.8. The maximum absolute atomic E-state index is 15.2. The number of anilines is 2. The van der Waals surface area contributed by atoms with Gasteiger partial charge < -0.3 is 15.4 Å². The number of nitrogens with zero attached hydrogens (tertiary/aromatic N) is 3. The molecule has 5 aromatic rings. The molecule has 13 heteroatoms. The number of aromatic nitrogens is 3. The SMILES string of the molecule is Cc1ccc2c(NS(=O)(=O)Cc3ccccc3F)c(F)ccc2c1Oc1ncccc1-c1ccnc(N[C@@H]2CNC[C@@](C)(F)C2)n1.